The van der Waals surface area contributed by atoms with Gasteiger partial charge in [0.05, 0.1) is 6.20 Å². The van der Waals surface area contributed by atoms with Gasteiger partial charge in [0.1, 0.15) is 0 Å². The van der Waals surface area contributed by atoms with Crippen molar-refractivity contribution in [1.82, 2.24) is 9.97 Å². The number of rotatable bonds is 1. The van der Waals surface area contributed by atoms with E-state index in [1.54, 1.807) is 0 Å². The number of carbonyl (C=O) groups excluding carboxylic acids is 1. The number of anilines is 1. The first kappa shape index (κ1) is 8.91. The second-order valence-corrected chi connectivity index (χ2v) is 2.06. The van der Waals surface area contributed by atoms with Gasteiger partial charge >= 0.3 is 6.03 Å². The van der Waals surface area contributed by atoms with Gasteiger partial charge in [-0.2, -0.15) is 4.99 Å². The highest BCUT2D eigenvalue weighted by Crippen LogP contribution is 1.96. The summed E-state index contributed by atoms with van der Waals surface area (Å²) in [6.45, 7) is 0. The van der Waals surface area contributed by atoms with Crippen LogP contribution in [0.15, 0.2) is 23.6 Å². The highest BCUT2D eigenvalue weighted by molar-refractivity contribution is 5.97. The van der Waals surface area contributed by atoms with Crippen LogP contribution in [0.5, 0.6) is 0 Å². The second kappa shape index (κ2) is 4.00. The molecule has 0 aliphatic rings. The molecule has 0 aliphatic carbocycles. The first-order valence-corrected chi connectivity index (χ1v) is 3.35. The molecule has 1 aromatic heterocycles. The molecule has 1 heterocycles. The number of hydrogen-bond donors (Lipinski definition) is 3. The molecule has 0 atom stereocenters. The number of hydrogen-bond acceptors (Lipinski definition) is 3. The normalized spacial score (nSPS) is 8.92. The first-order valence-electron chi connectivity index (χ1n) is 3.35. The van der Waals surface area contributed by atoms with Gasteiger partial charge in [0.2, 0.25) is 0 Å². The van der Waals surface area contributed by atoms with Crippen LogP contribution in [0.25, 0.3) is 0 Å². The molecule has 0 spiro atoms. The summed E-state index contributed by atoms with van der Waals surface area (Å²) in [5.41, 5.74) is 9.96. The lowest BCUT2D eigenvalue weighted by molar-refractivity contribution is 0.259. The summed E-state index contributed by atoms with van der Waals surface area (Å²) in [7, 11) is 0. The van der Waals surface area contributed by atoms with E-state index in [1.807, 2.05) is 0 Å². The Hall–Kier alpha value is -2.18. The summed E-state index contributed by atoms with van der Waals surface area (Å²) in [5.74, 6) is -0.0149. The number of nitrogens with two attached hydrogens (primary N) is 2. The van der Waals surface area contributed by atoms with E-state index < -0.39 is 6.03 Å². The second-order valence-electron chi connectivity index (χ2n) is 2.06. The van der Waals surface area contributed by atoms with E-state index in [4.69, 9.17) is 11.5 Å². The molecular formula is C6H8N6O. The number of guanidine groups is 1. The molecular weight excluding hydrogens is 172 g/mol. The van der Waals surface area contributed by atoms with E-state index in [2.05, 4.69) is 20.3 Å². The largest absolute Gasteiger partial charge is 0.370 e. The summed E-state index contributed by atoms with van der Waals surface area (Å²) in [6, 6.07) is -0.680. The van der Waals surface area contributed by atoms with Crippen LogP contribution in [0.2, 0.25) is 0 Å². The fraction of sp³-hybridized carbons (Fsp3) is 0. The van der Waals surface area contributed by atoms with Crippen molar-refractivity contribution in [2.75, 3.05) is 5.32 Å². The fourth-order valence-corrected chi connectivity index (χ4v) is 0.618. The maximum Gasteiger partial charge on any atom is 0.349 e. The van der Waals surface area contributed by atoms with Crippen molar-refractivity contribution in [3.8, 4) is 0 Å². The number of amides is 2. The molecule has 13 heavy (non-hydrogen) atoms. The smallest absolute Gasteiger partial charge is 0.349 e. The predicted molar refractivity (Wildman–Crippen MR) is 46.9 cm³/mol. The number of aliphatic imine (C=N–C) groups is 1. The van der Waals surface area contributed by atoms with Crippen LogP contribution >= 0.6 is 0 Å². The van der Waals surface area contributed by atoms with Crippen molar-refractivity contribution < 1.29 is 4.79 Å². The zero-order valence-corrected chi connectivity index (χ0v) is 6.64. The van der Waals surface area contributed by atoms with Crippen LogP contribution < -0.4 is 16.8 Å². The molecule has 5 N–H and O–H groups in total. The van der Waals surface area contributed by atoms with Gasteiger partial charge < -0.3 is 11.5 Å². The first-order chi connectivity index (χ1) is 6.18. The summed E-state index contributed by atoms with van der Waals surface area (Å²) in [6.07, 6.45) is 4.29. The molecule has 2 amide bonds. The van der Waals surface area contributed by atoms with Gasteiger partial charge in [-0.25, -0.2) is 9.78 Å². The summed E-state index contributed by atoms with van der Waals surface area (Å²) >= 11 is 0. The Balaban J connectivity index is 2.61. The number of urea groups is 1. The van der Waals surface area contributed by atoms with Gasteiger partial charge in [0.25, 0.3) is 0 Å². The average molecular weight is 180 g/mol. The topological polar surface area (TPSA) is 119 Å². The third-order valence-corrected chi connectivity index (χ3v) is 1.03. The number of carbonyl (C=O) groups is 1. The van der Waals surface area contributed by atoms with Crippen molar-refractivity contribution in [2.24, 2.45) is 16.5 Å². The minimum atomic E-state index is -0.680. The van der Waals surface area contributed by atoms with Gasteiger partial charge in [-0.3, -0.25) is 10.3 Å². The van der Waals surface area contributed by atoms with E-state index in [9.17, 15) is 4.79 Å². The van der Waals surface area contributed by atoms with Crippen molar-refractivity contribution in [2.45, 2.75) is 0 Å². The van der Waals surface area contributed by atoms with E-state index in [0.29, 0.717) is 0 Å². The number of nitrogens with zero attached hydrogens (tertiary/aromatic N) is 3. The van der Waals surface area contributed by atoms with Crippen molar-refractivity contribution in [3.05, 3.63) is 18.6 Å². The lowest BCUT2D eigenvalue weighted by Gasteiger charge is -1.97. The monoisotopic (exact) mass is 180 g/mol. The van der Waals surface area contributed by atoms with Crippen molar-refractivity contribution in [1.29, 1.82) is 0 Å². The van der Waals surface area contributed by atoms with E-state index in [1.165, 1.54) is 18.6 Å². The van der Waals surface area contributed by atoms with Crippen molar-refractivity contribution in [3.63, 3.8) is 0 Å². The molecule has 0 aliphatic heterocycles. The molecule has 0 aromatic carbocycles. The molecule has 1 rings (SSSR count). The molecule has 7 nitrogen and oxygen atoms in total. The molecule has 0 radical (unpaired) electrons. The SMILES string of the molecule is NC(N)=NC(=O)Nc1cnccn1. The van der Waals surface area contributed by atoms with Gasteiger partial charge in [-0.05, 0) is 0 Å². The quantitative estimate of drug-likeness (QED) is 0.389. The third-order valence-electron chi connectivity index (χ3n) is 1.03. The number of nitrogens with one attached hydrogen (secondary N) is 1. The Morgan fingerprint density at radius 3 is 2.77 bits per heavy atom. The van der Waals surface area contributed by atoms with Crippen molar-refractivity contribution >= 4 is 17.8 Å². The van der Waals surface area contributed by atoms with E-state index >= 15 is 0 Å². The summed E-state index contributed by atoms with van der Waals surface area (Å²) in [4.78, 5) is 21.6. The summed E-state index contributed by atoms with van der Waals surface area (Å²) in [5, 5.41) is 2.31. The lowest BCUT2D eigenvalue weighted by atomic mass is 10.6. The fourth-order valence-electron chi connectivity index (χ4n) is 0.618. The molecule has 0 fully saturated rings. The maximum atomic E-state index is 10.9. The van der Waals surface area contributed by atoms with Crippen LogP contribution in [0.1, 0.15) is 0 Å². The zero-order valence-electron chi connectivity index (χ0n) is 6.64. The molecule has 68 valence electrons. The standard InChI is InChI=1S/C6H8N6O/c7-5(8)12-6(13)11-4-3-9-1-2-10-4/h1-3H,(H5,7,8,10,11,12,13). The maximum absolute atomic E-state index is 10.9. The predicted octanol–water partition coefficient (Wildman–Crippen LogP) is -0.718. The molecule has 0 saturated heterocycles. The Morgan fingerprint density at radius 1 is 1.46 bits per heavy atom. The number of aromatic nitrogens is 2. The van der Waals surface area contributed by atoms with Crippen LogP contribution in [0.3, 0.4) is 0 Å². The molecule has 0 bridgehead atoms. The molecule has 0 saturated carbocycles. The van der Waals surface area contributed by atoms with Crippen LogP contribution in [0, 0.1) is 0 Å². The highest BCUT2D eigenvalue weighted by atomic mass is 16.2. The third kappa shape index (κ3) is 3.14. The van der Waals surface area contributed by atoms with Crippen LogP contribution in [0.4, 0.5) is 10.6 Å². The Bertz CT molecular complexity index is 317. The zero-order chi connectivity index (χ0) is 9.68. The van der Waals surface area contributed by atoms with Gasteiger partial charge in [0, 0.05) is 12.4 Å². The van der Waals surface area contributed by atoms with E-state index in [-0.39, 0.29) is 11.8 Å². The van der Waals surface area contributed by atoms with Gasteiger partial charge in [0.15, 0.2) is 11.8 Å². The Kier molecular flexibility index (Phi) is 2.74. The molecule has 7 heteroatoms. The minimum Gasteiger partial charge on any atom is -0.370 e. The Labute approximate surface area is 73.9 Å². The van der Waals surface area contributed by atoms with Crippen LogP contribution in [-0.2, 0) is 0 Å². The van der Waals surface area contributed by atoms with Gasteiger partial charge in [-0.1, -0.05) is 0 Å². The van der Waals surface area contributed by atoms with Gasteiger partial charge in [-0.15, -0.1) is 0 Å². The van der Waals surface area contributed by atoms with E-state index in [0.717, 1.165) is 0 Å². The molecule has 0 unspecified atom stereocenters. The lowest BCUT2D eigenvalue weighted by Crippen LogP contribution is -2.25. The molecule has 1 aromatic rings. The Morgan fingerprint density at radius 2 is 2.23 bits per heavy atom. The minimum absolute atomic E-state index is 0.289. The van der Waals surface area contributed by atoms with Crippen LogP contribution in [-0.4, -0.2) is 22.0 Å². The average Bonchev–Trinajstić information content (AvgIpc) is 2.04. The highest BCUT2D eigenvalue weighted by Gasteiger charge is 1.99. The summed E-state index contributed by atoms with van der Waals surface area (Å²) < 4.78 is 0.